The van der Waals surface area contributed by atoms with E-state index >= 15 is 0 Å². The average Bonchev–Trinajstić information content (AvgIpc) is 3.02. The van der Waals surface area contributed by atoms with E-state index in [0.29, 0.717) is 44.0 Å². The zero-order valence-electron chi connectivity index (χ0n) is 23.1. The molecule has 1 saturated heterocycles. The Bertz CT molecular complexity index is 1480. The van der Waals surface area contributed by atoms with Crippen molar-refractivity contribution in [3.63, 3.8) is 0 Å². The number of carbonyl (C=O) groups excluding carboxylic acids is 1. The molecule has 5 rings (SSSR count). The molecule has 212 valence electrons. The van der Waals surface area contributed by atoms with Crippen molar-refractivity contribution in [3.8, 4) is 5.75 Å². The molecule has 1 heterocycles. The third-order valence-electron chi connectivity index (χ3n) is 7.21. The summed E-state index contributed by atoms with van der Waals surface area (Å²) in [5, 5.41) is 2.83. The largest absolute Gasteiger partial charge is 0.494 e. The maximum atomic E-state index is 13.5. The van der Waals surface area contributed by atoms with Crippen molar-refractivity contribution in [2.75, 3.05) is 38.1 Å². The minimum absolute atomic E-state index is 0.0604. The van der Waals surface area contributed by atoms with Crippen molar-refractivity contribution in [2.45, 2.75) is 24.3 Å². The average molecular weight is 570 g/mol. The Balaban J connectivity index is 1.22. The Hall–Kier alpha value is -3.98. The molecule has 0 radical (unpaired) electrons. The lowest BCUT2D eigenvalue weighted by atomic mass is 9.96. The molecular weight excluding hydrogens is 534 g/mol. The molecule has 0 spiro atoms. The van der Waals surface area contributed by atoms with E-state index in [2.05, 4.69) is 34.5 Å². The second kappa shape index (κ2) is 13.1. The van der Waals surface area contributed by atoms with E-state index < -0.39 is 10.0 Å². The van der Waals surface area contributed by atoms with E-state index in [9.17, 15) is 13.2 Å². The number of amides is 1. The molecule has 1 amide bonds. The predicted molar refractivity (Wildman–Crippen MR) is 162 cm³/mol. The molecule has 4 aromatic rings. The van der Waals surface area contributed by atoms with E-state index in [1.54, 1.807) is 52.8 Å². The van der Waals surface area contributed by atoms with E-state index in [-0.39, 0.29) is 16.8 Å². The normalized spacial score (nSPS) is 14.6. The van der Waals surface area contributed by atoms with Crippen LogP contribution in [0.25, 0.3) is 0 Å². The van der Waals surface area contributed by atoms with Crippen molar-refractivity contribution < 1.29 is 17.9 Å². The first-order valence-corrected chi connectivity index (χ1v) is 15.4. The third-order valence-corrected chi connectivity index (χ3v) is 9.12. The second-order valence-electron chi connectivity index (χ2n) is 10.0. The smallest absolute Gasteiger partial charge is 0.255 e. The van der Waals surface area contributed by atoms with Crippen LogP contribution in [0.1, 0.15) is 40.9 Å². The monoisotopic (exact) mass is 569 g/mol. The Labute approximate surface area is 242 Å². The minimum Gasteiger partial charge on any atom is -0.494 e. The summed E-state index contributed by atoms with van der Waals surface area (Å²) in [5.74, 6) is 0.444. The molecule has 1 fully saturated rings. The Morgan fingerprint density at radius 2 is 1.34 bits per heavy atom. The summed E-state index contributed by atoms with van der Waals surface area (Å²) >= 11 is 0. The van der Waals surface area contributed by atoms with Crippen molar-refractivity contribution in [3.05, 3.63) is 126 Å². The molecule has 41 heavy (non-hydrogen) atoms. The fraction of sp³-hybridized carbons (Fsp3) is 0.242. The van der Waals surface area contributed by atoms with E-state index in [1.165, 1.54) is 11.1 Å². The lowest BCUT2D eigenvalue weighted by Crippen LogP contribution is -2.49. The standard InChI is InChI=1S/C33H35N3O4S/c1-2-25-40-30-17-13-28(14-18-30)33(37)34-29-15-19-31(20-16-29)41(38,39)36-23-21-35(22-24-36)32(26-9-5-3-6-10-26)27-11-7-4-8-12-27/h3-20,32H,2,21-25H2,1H3,(H,34,37). The van der Waals surface area contributed by atoms with Crippen LogP contribution in [0.5, 0.6) is 5.75 Å². The van der Waals surface area contributed by atoms with Crippen LogP contribution >= 0.6 is 0 Å². The molecule has 0 saturated carbocycles. The summed E-state index contributed by atoms with van der Waals surface area (Å²) in [6, 6.07) is 34.0. The van der Waals surface area contributed by atoms with Gasteiger partial charge in [0.1, 0.15) is 5.75 Å². The third kappa shape index (κ3) is 6.85. The number of carbonyl (C=O) groups is 1. The molecule has 0 unspecified atom stereocenters. The van der Waals surface area contributed by atoms with Gasteiger partial charge in [0.2, 0.25) is 10.0 Å². The van der Waals surface area contributed by atoms with Gasteiger partial charge in [0.25, 0.3) is 5.91 Å². The number of hydrogen-bond acceptors (Lipinski definition) is 5. The molecule has 1 aliphatic rings. The van der Waals surface area contributed by atoms with Gasteiger partial charge in [-0.05, 0) is 66.1 Å². The number of benzene rings is 4. The summed E-state index contributed by atoms with van der Waals surface area (Å²) < 4.78 is 34.1. The fourth-order valence-corrected chi connectivity index (χ4v) is 6.49. The first-order chi connectivity index (χ1) is 20.0. The molecule has 0 atom stereocenters. The highest BCUT2D eigenvalue weighted by molar-refractivity contribution is 7.89. The quantitative estimate of drug-likeness (QED) is 0.260. The van der Waals surface area contributed by atoms with Crippen LogP contribution < -0.4 is 10.1 Å². The number of rotatable bonds is 10. The summed E-state index contributed by atoms with van der Waals surface area (Å²) in [7, 11) is -3.67. The molecule has 1 aliphatic heterocycles. The Morgan fingerprint density at radius 1 is 0.780 bits per heavy atom. The summed E-state index contributed by atoms with van der Waals surface area (Å²) in [4.78, 5) is 15.2. The lowest BCUT2D eigenvalue weighted by Gasteiger charge is -2.39. The van der Waals surface area contributed by atoms with Crippen molar-refractivity contribution in [1.29, 1.82) is 0 Å². The summed E-state index contributed by atoms with van der Waals surface area (Å²) in [6.07, 6.45) is 0.910. The van der Waals surface area contributed by atoms with Gasteiger partial charge in [0.15, 0.2) is 0 Å². The van der Waals surface area contributed by atoms with Crippen LogP contribution in [0.4, 0.5) is 5.69 Å². The zero-order valence-corrected chi connectivity index (χ0v) is 24.0. The number of hydrogen-bond donors (Lipinski definition) is 1. The van der Waals surface area contributed by atoms with E-state index in [1.807, 2.05) is 43.3 Å². The zero-order chi connectivity index (χ0) is 28.7. The number of sulfonamides is 1. The van der Waals surface area contributed by atoms with Crippen molar-refractivity contribution in [2.24, 2.45) is 0 Å². The Kier molecular flexibility index (Phi) is 9.14. The molecular formula is C33H35N3O4S. The summed E-state index contributed by atoms with van der Waals surface area (Å²) in [5.41, 5.74) is 3.40. The van der Waals surface area contributed by atoms with Gasteiger partial charge < -0.3 is 10.1 Å². The van der Waals surface area contributed by atoms with Gasteiger partial charge in [-0.3, -0.25) is 9.69 Å². The summed E-state index contributed by atoms with van der Waals surface area (Å²) in [6.45, 7) is 4.68. The van der Waals surface area contributed by atoms with Crippen LogP contribution in [-0.4, -0.2) is 56.3 Å². The van der Waals surface area contributed by atoms with Gasteiger partial charge in [0.05, 0.1) is 17.5 Å². The maximum absolute atomic E-state index is 13.5. The highest BCUT2D eigenvalue weighted by Crippen LogP contribution is 2.30. The van der Waals surface area contributed by atoms with Gasteiger partial charge >= 0.3 is 0 Å². The minimum atomic E-state index is -3.67. The Morgan fingerprint density at radius 3 is 1.88 bits per heavy atom. The van der Waals surface area contributed by atoms with Crippen molar-refractivity contribution in [1.82, 2.24) is 9.21 Å². The highest BCUT2D eigenvalue weighted by atomic mass is 32.2. The van der Waals surface area contributed by atoms with Gasteiger partial charge in [-0.15, -0.1) is 0 Å². The second-order valence-corrected chi connectivity index (χ2v) is 12.0. The SMILES string of the molecule is CCCOc1ccc(C(=O)Nc2ccc(S(=O)(=O)N3CCN(C(c4ccccc4)c4ccccc4)CC3)cc2)cc1. The van der Waals surface area contributed by atoms with Crippen LogP contribution in [0, 0.1) is 0 Å². The molecule has 7 nitrogen and oxygen atoms in total. The van der Waals surface area contributed by atoms with Gasteiger partial charge in [-0.25, -0.2) is 8.42 Å². The molecule has 0 aromatic heterocycles. The van der Waals surface area contributed by atoms with Crippen LogP contribution in [0.15, 0.2) is 114 Å². The number of nitrogens with zero attached hydrogens (tertiary/aromatic N) is 2. The molecule has 0 aliphatic carbocycles. The van der Waals surface area contributed by atoms with Crippen LogP contribution in [0.3, 0.4) is 0 Å². The number of ether oxygens (including phenoxy) is 1. The molecule has 1 N–H and O–H groups in total. The van der Waals surface area contributed by atoms with E-state index in [0.717, 1.165) is 12.2 Å². The highest BCUT2D eigenvalue weighted by Gasteiger charge is 2.32. The van der Waals surface area contributed by atoms with Gasteiger partial charge in [-0.1, -0.05) is 67.6 Å². The first kappa shape index (κ1) is 28.5. The first-order valence-electron chi connectivity index (χ1n) is 13.9. The number of anilines is 1. The molecule has 8 heteroatoms. The van der Waals surface area contributed by atoms with Gasteiger partial charge in [-0.2, -0.15) is 4.31 Å². The topological polar surface area (TPSA) is 78.9 Å². The van der Waals surface area contributed by atoms with Crippen LogP contribution in [-0.2, 0) is 10.0 Å². The van der Waals surface area contributed by atoms with E-state index in [4.69, 9.17) is 4.74 Å². The number of nitrogens with one attached hydrogen (secondary N) is 1. The fourth-order valence-electron chi connectivity index (χ4n) is 5.07. The lowest BCUT2D eigenvalue weighted by molar-refractivity contribution is 0.102. The predicted octanol–water partition coefficient (Wildman–Crippen LogP) is 5.82. The number of piperazine rings is 1. The van der Waals surface area contributed by atoms with Crippen LogP contribution in [0.2, 0.25) is 0 Å². The van der Waals surface area contributed by atoms with Crippen molar-refractivity contribution >= 4 is 21.6 Å². The maximum Gasteiger partial charge on any atom is 0.255 e. The molecule has 0 bridgehead atoms. The van der Waals surface area contributed by atoms with Gasteiger partial charge in [0, 0.05) is 37.4 Å². The molecule has 4 aromatic carbocycles.